The van der Waals surface area contributed by atoms with Gasteiger partial charge in [-0.1, -0.05) is 6.07 Å². The predicted octanol–water partition coefficient (Wildman–Crippen LogP) is 1.20. The van der Waals surface area contributed by atoms with Crippen molar-refractivity contribution in [2.75, 3.05) is 13.1 Å². The van der Waals surface area contributed by atoms with Gasteiger partial charge in [0.05, 0.1) is 0 Å². The molecule has 1 unspecified atom stereocenters. The van der Waals surface area contributed by atoms with Crippen LogP contribution in [0.2, 0.25) is 0 Å². The summed E-state index contributed by atoms with van der Waals surface area (Å²) in [5.74, 6) is 1.57. The minimum absolute atomic E-state index is 0.748. The van der Waals surface area contributed by atoms with E-state index in [4.69, 9.17) is 0 Å². The van der Waals surface area contributed by atoms with Crippen LogP contribution in [-0.4, -0.2) is 32.8 Å². The second-order valence-electron chi connectivity index (χ2n) is 4.78. The molecule has 1 saturated heterocycles. The van der Waals surface area contributed by atoms with Crippen LogP contribution in [0.4, 0.5) is 0 Å². The summed E-state index contributed by atoms with van der Waals surface area (Å²) in [4.78, 5) is 8.34. The quantitative estimate of drug-likeness (QED) is 0.880. The molecule has 0 aliphatic carbocycles. The van der Waals surface area contributed by atoms with Crippen LogP contribution in [-0.2, 0) is 6.42 Å². The van der Waals surface area contributed by atoms with Crippen LogP contribution in [0.15, 0.2) is 31.0 Å². The Bertz CT molecular complexity index is 471. The topological polar surface area (TPSA) is 55.6 Å². The van der Waals surface area contributed by atoms with Crippen LogP contribution in [0.5, 0.6) is 0 Å². The lowest BCUT2D eigenvalue weighted by Crippen LogP contribution is -2.30. The zero-order valence-electron chi connectivity index (χ0n) is 10.3. The molecule has 1 aliphatic heterocycles. The van der Waals surface area contributed by atoms with E-state index in [1.165, 1.54) is 31.3 Å². The second-order valence-corrected chi connectivity index (χ2v) is 4.78. The fraction of sp³-hybridized carbons (Fsp3) is 0.462. The van der Waals surface area contributed by atoms with Crippen molar-refractivity contribution in [2.24, 2.45) is 5.92 Å². The fourth-order valence-corrected chi connectivity index (χ4v) is 2.43. The molecule has 0 amide bonds. The molecule has 0 aromatic carbocycles. The van der Waals surface area contributed by atoms with E-state index < -0.39 is 0 Å². The lowest BCUT2D eigenvalue weighted by atomic mass is 9.93. The summed E-state index contributed by atoms with van der Waals surface area (Å²) in [5, 5.41) is 7.51. The molecule has 5 heteroatoms. The third-order valence-electron chi connectivity index (χ3n) is 3.39. The molecule has 3 rings (SSSR count). The number of hydrogen-bond donors (Lipinski definition) is 1. The summed E-state index contributed by atoms with van der Waals surface area (Å²) in [6.07, 6.45) is 8.84. The van der Waals surface area contributed by atoms with Gasteiger partial charge < -0.3 is 5.32 Å². The number of aromatic nitrogens is 4. The average Bonchev–Trinajstić information content (AvgIpc) is 2.95. The van der Waals surface area contributed by atoms with Gasteiger partial charge >= 0.3 is 0 Å². The van der Waals surface area contributed by atoms with Crippen molar-refractivity contribution in [1.82, 2.24) is 25.1 Å². The predicted molar refractivity (Wildman–Crippen MR) is 68.5 cm³/mol. The Hall–Kier alpha value is -1.75. The third-order valence-corrected chi connectivity index (χ3v) is 3.39. The summed E-state index contributed by atoms with van der Waals surface area (Å²) in [5.41, 5.74) is 1.30. The molecular formula is C13H17N5. The largest absolute Gasteiger partial charge is 0.316 e. The first-order chi connectivity index (χ1) is 8.92. The first kappa shape index (κ1) is 11.3. The van der Waals surface area contributed by atoms with Crippen molar-refractivity contribution in [3.05, 3.63) is 36.5 Å². The summed E-state index contributed by atoms with van der Waals surface area (Å²) in [6, 6.07) is 4.14. The Balaban J connectivity index is 1.67. The maximum Gasteiger partial charge on any atom is 0.155 e. The van der Waals surface area contributed by atoms with Crippen LogP contribution in [0.25, 0.3) is 5.82 Å². The van der Waals surface area contributed by atoms with E-state index in [0.717, 1.165) is 24.7 Å². The summed E-state index contributed by atoms with van der Waals surface area (Å²) < 4.78 is 1.67. The van der Waals surface area contributed by atoms with Crippen LogP contribution in [0.1, 0.15) is 18.4 Å². The van der Waals surface area contributed by atoms with Gasteiger partial charge in [-0.3, -0.25) is 0 Å². The molecule has 0 bridgehead atoms. The summed E-state index contributed by atoms with van der Waals surface area (Å²) in [6.45, 7) is 2.30. The molecule has 1 atom stereocenters. The average molecular weight is 243 g/mol. The SMILES string of the molecule is c1ncn(-c2ccc(CC3CCCNC3)cn2)n1. The molecule has 0 spiro atoms. The molecule has 18 heavy (non-hydrogen) atoms. The van der Waals surface area contributed by atoms with Gasteiger partial charge in [-0.25, -0.2) is 14.6 Å². The molecule has 0 saturated carbocycles. The lowest BCUT2D eigenvalue weighted by molar-refractivity contribution is 0.376. The number of nitrogens with one attached hydrogen (secondary N) is 1. The van der Waals surface area contributed by atoms with Gasteiger partial charge in [0.2, 0.25) is 0 Å². The summed E-state index contributed by atoms with van der Waals surface area (Å²) >= 11 is 0. The lowest BCUT2D eigenvalue weighted by Gasteiger charge is -2.22. The van der Waals surface area contributed by atoms with Gasteiger partial charge in [-0.05, 0) is 49.9 Å². The van der Waals surface area contributed by atoms with Crippen LogP contribution < -0.4 is 5.32 Å². The molecule has 2 aromatic rings. The van der Waals surface area contributed by atoms with E-state index in [0.29, 0.717) is 0 Å². The van der Waals surface area contributed by atoms with E-state index in [9.17, 15) is 0 Å². The van der Waals surface area contributed by atoms with E-state index >= 15 is 0 Å². The van der Waals surface area contributed by atoms with E-state index in [-0.39, 0.29) is 0 Å². The van der Waals surface area contributed by atoms with Crippen molar-refractivity contribution in [1.29, 1.82) is 0 Å². The Morgan fingerprint density at radius 1 is 1.39 bits per heavy atom. The Morgan fingerprint density at radius 3 is 3.06 bits per heavy atom. The molecule has 2 aromatic heterocycles. The number of nitrogens with zero attached hydrogens (tertiary/aromatic N) is 4. The minimum atomic E-state index is 0.748. The second kappa shape index (κ2) is 5.27. The van der Waals surface area contributed by atoms with Crippen molar-refractivity contribution < 1.29 is 0 Å². The van der Waals surface area contributed by atoms with Crippen LogP contribution in [0, 0.1) is 5.92 Å². The normalized spacial score (nSPS) is 19.9. The van der Waals surface area contributed by atoms with Crippen LogP contribution >= 0.6 is 0 Å². The molecular weight excluding hydrogens is 226 g/mol. The zero-order valence-corrected chi connectivity index (χ0v) is 10.3. The first-order valence-electron chi connectivity index (χ1n) is 6.42. The van der Waals surface area contributed by atoms with Crippen LogP contribution in [0.3, 0.4) is 0 Å². The highest BCUT2D eigenvalue weighted by molar-refractivity contribution is 5.24. The fourth-order valence-electron chi connectivity index (χ4n) is 2.43. The smallest absolute Gasteiger partial charge is 0.155 e. The minimum Gasteiger partial charge on any atom is -0.316 e. The van der Waals surface area contributed by atoms with Crippen molar-refractivity contribution in [3.63, 3.8) is 0 Å². The van der Waals surface area contributed by atoms with Crippen molar-refractivity contribution in [2.45, 2.75) is 19.3 Å². The zero-order chi connectivity index (χ0) is 12.2. The Morgan fingerprint density at radius 2 is 2.39 bits per heavy atom. The van der Waals surface area contributed by atoms with Gasteiger partial charge in [0.1, 0.15) is 12.7 Å². The molecule has 94 valence electrons. The highest BCUT2D eigenvalue weighted by Gasteiger charge is 2.13. The standard InChI is InChI=1S/C13H17N5/c1-2-11(7-14-5-1)6-12-3-4-13(16-8-12)18-10-15-9-17-18/h3-4,8-11,14H,1-2,5-7H2. The van der Waals surface area contributed by atoms with Gasteiger partial charge in [0.25, 0.3) is 0 Å². The maximum atomic E-state index is 4.43. The van der Waals surface area contributed by atoms with Crippen molar-refractivity contribution in [3.8, 4) is 5.82 Å². The van der Waals surface area contributed by atoms with E-state index in [2.05, 4.69) is 26.4 Å². The molecule has 1 aliphatic rings. The molecule has 3 heterocycles. The first-order valence-corrected chi connectivity index (χ1v) is 6.42. The number of hydrogen-bond acceptors (Lipinski definition) is 4. The van der Waals surface area contributed by atoms with E-state index in [1.54, 1.807) is 11.0 Å². The molecule has 0 radical (unpaired) electrons. The molecule has 5 nitrogen and oxygen atoms in total. The van der Waals surface area contributed by atoms with Gasteiger partial charge in [-0.15, -0.1) is 0 Å². The van der Waals surface area contributed by atoms with E-state index in [1.807, 2.05) is 12.3 Å². The maximum absolute atomic E-state index is 4.43. The Labute approximate surface area is 106 Å². The summed E-state index contributed by atoms with van der Waals surface area (Å²) in [7, 11) is 0. The number of piperidine rings is 1. The van der Waals surface area contributed by atoms with Gasteiger partial charge in [-0.2, -0.15) is 5.10 Å². The van der Waals surface area contributed by atoms with Crippen molar-refractivity contribution >= 4 is 0 Å². The Kier molecular flexibility index (Phi) is 3.32. The van der Waals surface area contributed by atoms with Gasteiger partial charge in [0.15, 0.2) is 5.82 Å². The van der Waals surface area contributed by atoms with Gasteiger partial charge in [0, 0.05) is 6.20 Å². The highest BCUT2D eigenvalue weighted by Crippen LogP contribution is 2.16. The highest BCUT2D eigenvalue weighted by atomic mass is 15.3. The monoisotopic (exact) mass is 243 g/mol. The number of rotatable bonds is 3. The molecule has 1 N–H and O–H groups in total. The molecule has 1 fully saturated rings. The third kappa shape index (κ3) is 2.56. The number of pyridine rings is 1.